The number of fused-ring (bicyclic) bond motifs is 1. The number of carboxylic acid groups (broad SMARTS) is 1. The van der Waals surface area contributed by atoms with Gasteiger partial charge in [-0.3, -0.25) is 9.69 Å². The minimum Gasteiger partial charge on any atom is -0.497 e. The van der Waals surface area contributed by atoms with Gasteiger partial charge in [-0.2, -0.15) is 0 Å². The van der Waals surface area contributed by atoms with E-state index in [2.05, 4.69) is 30.9 Å². The van der Waals surface area contributed by atoms with Gasteiger partial charge in [0.25, 0.3) is 0 Å². The summed E-state index contributed by atoms with van der Waals surface area (Å²) in [5, 5.41) is 8.92. The van der Waals surface area contributed by atoms with E-state index in [9.17, 15) is 4.79 Å². The Balaban J connectivity index is 2.22. The Labute approximate surface area is 120 Å². The number of carbonyl (C=O) groups is 1. The number of nitrogens with zero attached hydrogens (tertiary/aromatic N) is 1. The molecule has 1 atom stereocenters. The molecule has 2 rings (SSSR count). The summed E-state index contributed by atoms with van der Waals surface area (Å²) >= 11 is 0. The Morgan fingerprint density at radius 3 is 2.85 bits per heavy atom. The first-order valence-electron chi connectivity index (χ1n) is 7.17. The Morgan fingerprint density at radius 1 is 1.50 bits per heavy atom. The number of hydrogen-bond acceptors (Lipinski definition) is 3. The molecule has 1 unspecified atom stereocenters. The summed E-state index contributed by atoms with van der Waals surface area (Å²) in [6, 6.07) is 6.86. The van der Waals surface area contributed by atoms with E-state index in [1.54, 1.807) is 7.11 Å². The van der Waals surface area contributed by atoms with Gasteiger partial charge in [-0.15, -0.1) is 0 Å². The van der Waals surface area contributed by atoms with Crippen molar-refractivity contribution in [1.82, 2.24) is 4.90 Å². The van der Waals surface area contributed by atoms with Gasteiger partial charge >= 0.3 is 5.97 Å². The van der Waals surface area contributed by atoms with Crippen molar-refractivity contribution in [3.05, 3.63) is 29.3 Å². The van der Waals surface area contributed by atoms with Crippen LogP contribution in [0.1, 0.15) is 43.9 Å². The first-order valence-corrected chi connectivity index (χ1v) is 7.17. The highest BCUT2D eigenvalue weighted by Crippen LogP contribution is 2.38. The maximum atomic E-state index is 10.8. The fourth-order valence-corrected chi connectivity index (χ4v) is 3.03. The van der Waals surface area contributed by atoms with Crippen LogP contribution in [0.4, 0.5) is 0 Å². The van der Waals surface area contributed by atoms with Crippen LogP contribution in [0.15, 0.2) is 18.2 Å². The van der Waals surface area contributed by atoms with E-state index in [0.717, 1.165) is 18.6 Å². The molecule has 0 heterocycles. The molecule has 4 heteroatoms. The van der Waals surface area contributed by atoms with E-state index < -0.39 is 5.97 Å². The van der Waals surface area contributed by atoms with Crippen LogP contribution in [-0.2, 0) is 11.2 Å². The molecule has 1 aliphatic carbocycles. The van der Waals surface area contributed by atoms with Gasteiger partial charge in [0.2, 0.25) is 0 Å². The van der Waals surface area contributed by atoms with Crippen LogP contribution in [0.5, 0.6) is 5.75 Å². The number of methoxy groups -OCH3 is 1. The minimum atomic E-state index is -0.737. The molecule has 20 heavy (non-hydrogen) atoms. The zero-order chi connectivity index (χ0) is 14.7. The van der Waals surface area contributed by atoms with E-state index in [0.29, 0.717) is 18.6 Å². The molecule has 1 N–H and O–H groups in total. The second-order valence-corrected chi connectivity index (χ2v) is 5.59. The standard InChI is InChI=1S/C16H23NO3/c1-11(2)17(9-8-16(18)19)15-7-5-12-4-6-13(20-3)10-14(12)15/h4,6,10-11,15H,5,7-9H2,1-3H3,(H,18,19). The molecule has 1 aliphatic rings. The monoisotopic (exact) mass is 277 g/mol. The highest BCUT2D eigenvalue weighted by molar-refractivity contribution is 5.66. The molecule has 0 amide bonds. The van der Waals surface area contributed by atoms with E-state index in [1.807, 2.05) is 6.07 Å². The number of ether oxygens (including phenoxy) is 1. The smallest absolute Gasteiger partial charge is 0.304 e. The summed E-state index contributed by atoms with van der Waals surface area (Å²) in [5.41, 5.74) is 2.65. The van der Waals surface area contributed by atoms with E-state index in [1.165, 1.54) is 11.1 Å². The Hall–Kier alpha value is -1.55. The number of hydrogen-bond donors (Lipinski definition) is 1. The maximum Gasteiger partial charge on any atom is 0.304 e. The Kier molecular flexibility index (Phi) is 4.65. The lowest BCUT2D eigenvalue weighted by atomic mass is 10.0. The lowest BCUT2D eigenvalue weighted by molar-refractivity contribution is -0.137. The molecule has 0 spiro atoms. The number of rotatable bonds is 6. The summed E-state index contributed by atoms with van der Waals surface area (Å²) < 4.78 is 5.31. The third kappa shape index (κ3) is 3.12. The second kappa shape index (κ2) is 6.27. The predicted octanol–water partition coefficient (Wildman–Crippen LogP) is 2.87. The largest absolute Gasteiger partial charge is 0.497 e. The van der Waals surface area contributed by atoms with Crippen LogP contribution in [-0.4, -0.2) is 35.7 Å². The fraction of sp³-hybridized carbons (Fsp3) is 0.562. The van der Waals surface area contributed by atoms with Crippen molar-refractivity contribution in [3.63, 3.8) is 0 Å². The predicted molar refractivity (Wildman–Crippen MR) is 78.2 cm³/mol. The van der Waals surface area contributed by atoms with Crippen molar-refractivity contribution in [2.75, 3.05) is 13.7 Å². The molecule has 0 aliphatic heterocycles. The number of aliphatic carboxylic acids is 1. The summed E-state index contributed by atoms with van der Waals surface area (Å²) in [6.45, 7) is 4.84. The van der Waals surface area contributed by atoms with Crippen LogP contribution >= 0.6 is 0 Å². The molecule has 0 fully saturated rings. The summed E-state index contributed by atoms with van der Waals surface area (Å²) in [5.74, 6) is 0.136. The van der Waals surface area contributed by atoms with Crippen molar-refractivity contribution >= 4 is 5.97 Å². The highest BCUT2D eigenvalue weighted by Gasteiger charge is 2.29. The normalized spacial score (nSPS) is 17.6. The second-order valence-electron chi connectivity index (χ2n) is 5.59. The molecular weight excluding hydrogens is 254 g/mol. The third-order valence-corrected chi connectivity index (χ3v) is 4.05. The number of benzene rings is 1. The lowest BCUT2D eigenvalue weighted by Crippen LogP contribution is -2.35. The molecule has 110 valence electrons. The van der Waals surface area contributed by atoms with Crippen molar-refractivity contribution in [2.24, 2.45) is 0 Å². The van der Waals surface area contributed by atoms with Gasteiger partial charge in [-0.05, 0) is 49.9 Å². The van der Waals surface area contributed by atoms with Crippen LogP contribution < -0.4 is 4.74 Å². The van der Waals surface area contributed by atoms with Crippen molar-refractivity contribution in [1.29, 1.82) is 0 Å². The fourth-order valence-electron chi connectivity index (χ4n) is 3.03. The van der Waals surface area contributed by atoms with Crippen LogP contribution in [0, 0.1) is 0 Å². The molecule has 4 nitrogen and oxygen atoms in total. The summed E-state index contributed by atoms with van der Waals surface area (Å²) in [4.78, 5) is 13.1. The van der Waals surface area contributed by atoms with Crippen LogP contribution in [0.3, 0.4) is 0 Å². The zero-order valence-electron chi connectivity index (χ0n) is 12.4. The molecule has 0 radical (unpaired) electrons. The van der Waals surface area contributed by atoms with Crippen LogP contribution in [0.25, 0.3) is 0 Å². The number of carboxylic acids is 1. The highest BCUT2D eigenvalue weighted by atomic mass is 16.5. The first-order chi connectivity index (χ1) is 9.52. The maximum absolute atomic E-state index is 10.8. The van der Waals surface area contributed by atoms with Gasteiger partial charge in [-0.1, -0.05) is 6.07 Å². The molecule has 0 saturated carbocycles. The zero-order valence-corrected chi connectivity index (χ0v) is 12.4. The van der Waals surface area contributed by atoms with E-state index in [-0.39, 0.29) is 6.42 Å². The van der Waals surface area contributed by atoms with Crippen molar-refractivity contribution < 1.29 is 14.6 Å². The van der Waals surface area contributed by atoms with Gasteiger partial charge in [-0.25, -0.2) is 0 Å². The van der Waals surface area contributed by atoms with Crippen LogP contribution in [0.2, 0.25) is 0 Å². The average molecular weight is 277 g/mol. The van der Waals surface area contributed by atoms with Gasteiger partial charge < -0.3 is 9.84 Å². The van der Waals surface area contributed by atoms with Gasteiger partial charge in [0.15, 0.2) is 0 Å². The summed E-state index contributed by atoms with van der Waals surface area (Å²) in [6.07, 6.45) is 2.30. The molecule has 0 bridgehead atoms. The molecule has 0 saturated heterocycles. The average Bonchev–Trinajstić information content (AvgIpc) is 2.81. The quantitative estimate of drug-likeness (QED) is 0.868. The van der Waals surface area contributed by atoms with Gasteiger partial charge in [0.05, 0.1) is 13.5 Å². The lowest BCUT2D eigenvalue weighted by Gasteiger charge is -2.33. The van der Waals surface area contributed by atoms with Gasteiger partial charge in [0, 0.05) is 18.6 Å². The molecule has 1 aromatic carbocycles. The SMILES string of the molecule is COc1ccc2c(c1)C(N(CCC(=O)O)C(C)C)CC2. The topological polar surface area (TPSA) is 49.8 Å². The van der Waals surface area contributed by atoms with E-state index in [4.69, 9.17) is 9.84 Å². The molecule has 1 aromatic rings. The number of aryl methyl sites for hydroxylation is 1. The van der Waals surface area contributed by atoms with Gasteiger partial charge in [0.1, 0.15) is 5.75 Å². The Bertz CT molecular complexity index is 485. The minimum absolute atomic E-state index is 0.188. The first kappa shape index (κ1) is 14.9. The third-order valence-electron chi connectivity index (χ3n) is 4.05. The molecule has 0 aromatic heterocycles. The van der Waals surface area contributed by atoms with Crippen molar-refractivity contribution in [2.45, 2.75) is 45.2 Å². The molecular formula is C16H23NO3. The Morgan fingerprint density at radius 2 is 2.25 bits per heavy atom. The summed E-state index contributed by atoms with van der Waals surface area (Å²) in [7, 11) is 1.68. The van der Waals surface area contributed by atoms with Crippen molar-refractivity contribution in [3.8, 4) is 5.75 Å². The van der Waals surface area contributed by atoms with E-state index >= 15 is 0 Å².